The fourth-order valence-electron chi connectivity index (χ4n) is 11.0. The Morgan fingerprint density at radius 2 is 0.924 bits per heavy atom. The topological polar surface area (TPSA) is 16.4 Å². The van der Waals surface area contributed by atoms with Crippen molar-refractivity contribution in [3.8, 4) is 44.5 Å². The lowest BCUT2D eigenvalue weighted by Crippen LogP contribution is -2.72. The lowest BCUT2D eigenvalue weighted by atomic mass is 9.81. The molecule has 2 aliphatic rings. The van der Waals surface area contributed by atoms with Gasteiger partial charge in [0, 0.05) is 41.5 Å². The van der Waals surface area contributed by atoms with E-state index in [1.807, 2.05) is 60.7 Å². The first-order valence-corrected chi connectivity index (χ1v) is 24.5. The van der Waals surface area contributed by atoms with E-state index in [4.69, 9.17) is 12.6 Å². The molecule has 1 aliphatic heterocycles. The second-order valence-corrected chi connectivity index (χ2v) is 21.3. The standard InChI is InChI=1S/C63H45NOSi/c1-63(2)57-23-10-6-19-51(57)52-37-31-45(40-58(52)63)43-29-34-47(35-30-43)64(48-36-38-60-56(41-48)53-20-7-11-24-59(53)65-60)46-32-27-42(28-33-46)44-15-14-18-50(39-44)66(49-16-4-3-5-17-49)61-25-12-8-21-54(61)55-22-9-13-26-62(55)66/h3-41H,1-2H3/i1D3,2D3. The van der Waals surface area contributed by atoms with Crippen LogP contribution in [0.25, 0.3) is 66.4 Å². The van der Waals surface area contributed by atoms with E-state index < -0.39 is 27.2 Å². The number of hydrogen-bond acceptors (Lipinski definition) is 2. The number of hydrogen-bond donors (Lipinski definition) is 0. The Balaban J connectivity index is 0.912. The van der Waals surface area contributed by atoms with Gasteiger partial charge < -0.3 is 9.32 Å². The van der Waals surface area contributed by atoms with Gasteiger partial charge in [-0.2, -0.15) is 0 Å². The molecule has 0 saturated carbocycles. The van der Waals surface area contributed by atoms with Crippen LogP contribution in [0.15, 0.2) is 241 Å². The fraction of sp³-hybridized carbons (Fsp3) is 0.0476. The summed E-state index contributed by atoms with van der Waals surface area (Å²) in [6.07, 6.45) is 0. The van der Waals surface area contributed by atoms with E-state index in [1.165, 1.54) is 31.9 Å². The van der Waals surface area contributed by atoms with Crippen molar-refractivity contribution in [3.63, 3.8) is 0 Å². The van der Waals surface area contributed by atoms with Gasteiger partial charge in [-0.05, 0) is 131 Å². The van der Waals surface area contributed by atoms with Crippen LogP contribution in [0.5, 0.6) is 0 Å². The maximum atomic E-state index is 8.75. The lowest BCUT2D eigenvalue weighted by molar-refractivity contribution is 0.660. The Hall–Kier alpha value is -7.98. The smallest absolute Gasteiger partial charge is 0.180 e. The van der Waals surface area contributed by atoms with Crippen LogP contribution < -0.4 is 25.6 Å². The lowest BCUT2D eigenvalue weighted by Gasteiger charge is -2.31. The quantitative estimate of drug-likeness (QED) is 0.148. The Bertz CT molecular complexity index is 3860. The highest BCUT2D eigenvalue weighted by Crippen LogP contribution is 2.50. The maximum absolute atomic E-state index is 8.75. The highest BCUT2D eigenvalue weighted by molar-refractivity contribution is 7.22. The van der Waals surface area contributed by atoms with E-state index in [2.05, 4.69) is 163 Å². The van der Waals surface area contributed by atoms with Gasteiger partial charge in [0.25, 0.3) is 0 Å². The third-order valence-electron chi connectivity index (χ3n) is 14.0. The Kier molecular flexibility index (Phi) is 7.31. The summed E-state index contributed by atoms with van der Waals surface area (Å²) in [5.74, 6) is 0. The van der Waals surface area contributed by atoms with Gasteiger partial charge in [-0.15, -0.1) is 0 Å². The molecule has 11 aromatic rings. The van der Waals surface area contributed by atoms with Gasteiger partial charge in [-0.3, -0.25) is 0 Å². The molecule has 0 N–H and O–H groups in total. The second-order valence-electron chi connectivity index (χ2n) is 17.6. The molecule has 1 aromatic heterocycles. The van der Waals surface area contributed by atoms with Crippen molar-refractivity contribution in [3.05, 3.63) is 248 Å². The number of nitrogens with zero attached hydrogens (tertiary/aromatic N) is 1. The number of benzene rings is 10. The first-order chi connectivity index (χ1) is 35.0. The van der Waals surface area contributed by atoms with Crippen LogP contribution in [0.3, 0.4) is 0 Å². The summed E-state index contributed by atoms with van der Waals surface area (Å²) in [6.45, 7) is -5.69. The molecule has 0 bridgehead atoms. The first-order valence-electron chi connectivity index (χ1n) is 25.5. The average molecular weight is 866 g/mol. The monoisotopic (exact) mass is 865 g/mol. The number of furan rings is 1. The Labute approximate surface area is 395 Å². The zero-order chi connectivity index (χ0) is 49.0. The summed E-state index contributed by atoms with van der Waals surface area (Å²) >= 11 is 0. The number of fused-ring (bicyclic) bond motifs is 9. The molecule has 0 radical (unpaired) electrons. The van der Waals surface area contributed by atoms with Crippen molar-refractivity contribution in [2.75, 3.05) is 4.90 Å². The van der Waals surface area contributed by atoms with Gasteiger partial charge in [-0.1, -0.05) is 196 Å². The van der Waals surface area contributed by atoms with Gasteiger partial charge >= 0.3 is 0 Å². The average Bonchev–Trinajstić information content (AvgIpc) is 4.04. The van der Waals surface area contributed by atoms with Crippen molar-refractivity contribution in [2.45, 2.75) is 19.1 Å². The second kappa shape index (κ2) is 14.8. The SMILES string of the molecule is [2H]C([2H])([2H])C1(C([2H])([2H])[2H])c2ccccc2-c2ccc(-c3ccc(N(c4ccc(-c5cccc([Si]6(c7ccccc7)c7ccccc7-c7ccccc76)c5)cc4)c4ccc5oc6ccccc6c5c4)cc3)cc21. The molecule has 0 saturated heterocycles. The molecule has 13 rings (SSSR count). The molecule has 3 heteroatoms. The first kappa shape index (κ1) is 32.6. The van der Waals surface area contributed by atoms with E-state index in [0.29, 0.717) is 22.3 Å². The minimum absolute atomic E-state index is 0.300. The summed E-state index contributed by atoms with van der Waals surface area (Å²) in [6, 6.07) is 82.1. The minimum atomic E-state index is -2.84. The summed E-state index contributed by atoms with van der Waals surface area (Å²) in [7, 11) is -2.68. The highest BCUT2D eigenvalue weighted by atomic mass is 28.3. The van der Waals surface area contributed by atoms with Crippen molar-refractivity contribution in [2.24, 2.45) is 0 Å². The number of anilines is 3. The number of para-hydroxylation sites is 1. The van der Waals surface area contributed by atoms with Gasteiger partial charge in [0.1, 0.15) is 11.2 Å². The summed E-state index contributed by atoms with van der Waals surface area (Å²) < 4.78 is 58.8. The van der Waals surface area contributed by atoms with Crippen molar-refractivity contribution in [1.29, 1.82) is 0 Å². The molecule has 0 fully saturated rings. The molecular formula is C63H45NOSi. The summed E-state index contributed by atoms with van der Waals surface area (Å²) in [5, 5.41) is 7.57. The zero-order valence-corrected chi connectivity index (χ0v) is 36.9. The predicted molar refractivity (Wildman–Crippen MR) is 279 cm³/mol. The van der Waals surface area contributed by atoms with Crippen LogP contribution in [0.1, 0.15) is 33.1 Å². The van der Waals surface area contributed by atoms with E-state index in [0.717, 1.165) is 61.3 Å². The van der Waals surface area contributed by atoms with Crippen molar-refractivity contribution in [1.82, 2.24) is 0 Å². The molecule has 2 nitrogen and oxygen atoms in total. The van der Waals surface area contributed by atoms with Gasteiger partial charge in [-0.25, -0.2) is 0 Å². The Morgan fingerprint density at radius 1 is 0.379 bits per heavy atom. The molecular weight excluding hydrogens is 815 g/mol. The largest absolute Gasteiger partial charge is 0.456 e. The van der Waals surface area contributed by atoms with Gasteiger partial charge in [0.15, 0.2) is 8.07 Å². The van der Waals surface area contributed by atoms with Crippen molar-refractivity contribution < 1.29 is 12.6 Å². The molecule has 1 aliphatic carbocycles. The van der Waals surface area contributed by atoms with E-state index in [-0.39, 0.29) is 0 Å². The zero-order valence-electron chi connectivity index (χ0n) is 41.9. The number of rotatable bonds is 7. The molecule has 0 amide bonds. The highest BCUT2D eigenvalue weighted by Gasteiger charge is 2.48. The Morgan fingerprint density at radius 3 is 1.64 bits per heavy atom. The van der Waals surface area contributed by atoms with Crippen LogP contribution in [0.2, 0.25) is 0 Å². The molecule has 2 heterocycles. The maximum Gasteiger partial charge on any atom is 0.180 e. The van der Waals surface area contributed by atoms with E-state index in [9.17, 15) is 0 Å². The van der Waals surface area contributed by atoms with Crippen LogP contribution in [0, 0.1) is 0 Å². The minimum Gasteiger partial charge on any atom is -0.456 e. The van der Waals surface area contributed by atoms with Crippen LogP contribution in [0.4, 0.5) is 17.1 Å². The van der Waals surface area contributed by atoms with E-state index in [1.54, 1.807) is 18.2 Å². The molecule has 0 spiro atoms. The summed E-state index contributed by atoms with van der Waals surface area (Å²) in [5.41, 5.74) is 10.6. The van der Waals surface area contributed by atoms with Crippen LogP contribution in [-0.4, -0.2) is 8.07 Å². The van der Waals surface area contributed by atoms with Crippen molar-refractivity contribution >= 4 is 67.8 Å². The molecule has 0 atom stereocenters. The van der Waals surface area contributed by atoms with Crippen LogP contribution >= 0.6 is 0 Å². The third-order valence-corrected chi connectivity index (χ3v) is 18.9. The summed E-state index contributed by atoms with van der Waals surface area (Å²) in [4.78, 5) is 2.24. The predicted octanol–water partition coefficient (Wildman–Crippen LogP) is 14.1. The molecule has 0 unspecified atom stereocenters. The molecule has 66 heavy (non-hydrogen) atoms. The van der Waals surface area contributed by atoms with Crippen LogP contribution in [-0.2, 0) is 5.41 Å². The normalized spacial score (nSPS) is 15.6. The fourth-order valence-corrected chi connectivity index (χ4v) is 16.2. The molecule has 10 aromatic carbocycles. The van der Waals surface area contributed by atoms with E-state index >= 15 is 0 Å². The third kappa shape index (κ3) is 5.73. The molecule has 312 valence electrons. The van der Waals surface area contributed by atoms with Gasteiger partial charge in [0.2, 0.25) is 0 Å². The van der Waals surface area contributed by atoms with Gasteiger partial charge in [0.05, 0.1) is 0 Å².